The molecule has 0 aliphatic carbocycles. The molecule has 1 aliphatic heterocycles. The maximum Gasteiger partial charge on any atom is 0.230 e. The molecule has 1 aromatic rings. The van der Waals surface area contributed by atoms with E-state index in [4.69, 9.17) is 0 Å². The molecule has 6 heteroatoms. The highest BCUT2D eigenvalue weighted by Gasteiger charge is 2.29. The van der Waals surface area contributed by atoms with E-state index in [9.17, 15) is 9.90 Å². The monoisotopic (exact) mass is 305 g/mol. The van der Waals surface area contributed by atoms with Crippen LogP contribution >= 0.6 is 22.6 Å². The molecule has 1 fully saturated rings. The molecule has 1 aromatic heterocycles. The molecule has 1 aliphatic rings. The third kappa shape index (κ3) is 1.85. The molecule has 1 amide bonds. The molecule has 74 valence electrons. The van der Waals surface area contributed by atoms with E-state index in [0.29, 0.717) is 12.4 Å². The van der Waals surface area contributed by atoms with E-state index < -0.39 is 6.10 Å². The zero-order valence-electron chi connectivity index (χ0n) is 7.22. The predicted molar refractivity (Wildman–Crippen MR) is 57.7 cm³/mol. The normalized spacial score (nSPS) is 21.7. The molecule has 1 atom stereocenters. The first-order valence-electron chi connectivity index (χ1n) is 4.13. The molecular weight excluding hydrogens is 297 g/mol. The van der Waals surface area contributed by atoms with E-state index in [2.05, 4.69) is 9.97 Å². The number of carbonyl (C=O) groups is 1. The Labute approximate surface area is 94.3 Å². The molecular formula is C8H8IN3O2. The minimum atomic E-state index is -0.580. The first-order valence-corrected chi connectivity index (χ1v) is 5.20. The summed E-state index contributed by atoms with van der Waals surface area (Å²) in [6.07, 6.45) is 2.72. The van der Waals surface area contributed by atoms with Crippen LogP contribution in [0.5, 0.6) is 0 Å². The number of nitrogens with zero attached hydrogens (tertiary/aromatic N) is 3. The summed E-state index contributed by atoms with van der Waals surface area (Å²) in [5, 5.41) is 9.27. The van der Waals surface area contributed by atoms with Crippen LogP contribution in [0.4, 0.5) is 5.82 Å². The molecule has 0 saturated carbocycles. The van der Waals surface area contributed by atoms with Crippen molar-refractivity contribution in [3.8, 4) is 0 Å². The number of aliphatic hydroxyl groups is 1. The van der Waals surface area contributed by atoms with Crippen molar-refractivity contribution in [2.24, 2.45) is 0 Å². The molecule has 2 heterocycles. The van der Waals surface area contributed by atoms with Crippen LogP contribution in [0, 0.1) is 3.70 Å². The highest BCUT2D eigenvalue weighted by Crippen LogP contribution is 2.18. The average Bonchev–Trinajstić information content (AvgIpc) is 2.47. The number of rotatable bonds is 1. The van der Waals surface area contributed by atoms with Crippen molar-refractivity contribution in [2.75, 3.05) is 11.4 Å². The van der Waals surface area contributed by atoms with Crippen LogP contribution in [0.1, 0.15) is 6.42 Å². The number of carbonyl (C=O) groups excluding carboxylic acids is 1. The Balaban J connectivity index is 2.23. The second-order valence-corrected chi connectivity index (χ2v) is 4.16. The van der Waals surface area contributed by atoms with Gasteiger partial charge in [0.1, 0.15) is 3.70 Å². The minimum absolute atomic E-state index is 0.104. The number of hydrogen-bond acceptors (Lipinski definition) is 4. The third-order valence-corrected chi connectivity index (χ3v) is 2.54. The van der Waals surface area contributed by atoms with Crippen LogP contribution in [-0.4, -0.2) is 33.6 Å². The van der Waals surface area contributed by atoms with E-state index in [1.807, 2.05) is 22.6 Å². The van der Waals surface area contributed by atoms with E-state index in [1.54, 1.807) is 6.20 Å². The molecule has 5 nitrogen and oxygen atoms in total. The smallest absolute Gasteiger partial charge is 0.230 e. The van der Waals surface area contributed by atoms with Gasteiger partial charge in [0.05, 0.1) is 31.5 Å². The second-order valence-electron chi connectivity index (χ2n) is 3.06. The van der Waals surface area contributed by atoms with Gasteiger partial charge in [-0.15, -0.1) is 0 Å². The van der Waals surface area contributed by atoms with Crippen molar-refractivity contribution in [1.82, 2.24) is 9.97 Å². The Hall–Kier alpha value is -0.760. The molecule has 1 saturated heterocycles. The van der Waals surface area contributed by atoms with E-state index >= 15 is 0 Å². The number of halogens is 1. The molecule has 0 bridgehead atoms. The standard InChI is InChI=1S/C8H8IN3O2/c9-6-2-11-7(3-10-6)12-4-5(13)1-8(12)14/h2-3,5,13H,1,4H2. The highest BCUT2D eigenvalue weighted by atomic mass is 127. The van der Waals surface area contributed by atoms with E-state index in [1.165, 1.54) is 11.1 Å². The van der Waals surface area contributed by atoms with Gasteiger partial charge in [-0.2, -0.15) is 0 Å². The van der Waals surface area contributed by atoms with Gasteiger partial charge in [0.15, 0.2) is 5.82 Å². The SMILES string of the molecule is O=C1CC(O)CN1c1cnc(I)cn1. The topological polar surface area (TPSA) is 66.3 Å². The van der Waals surface area contributed by atoms with Gasteiger partial charge in [-0.25, -0.2) is 9.97 Å². The van der Waals surface area contributed by atoms with Crippen LogP contribution in [-0.2, 0) is 4.79 Å². The maximum atomic E-state index is 11.4. The number of aromatic nitrogens is 2. The lowest BCUT2D eigenvalue weighted by atomic mass is 10.3. The molecule has 1 N–H and O–H groups in total. The number of aliphatic hydroxyl groups excluding tert-OH is 1. The molecule has 2 rings (SSSR count). The Bertz CT molecular complexity index is 354. The molecule has 1 unspecified atom stereocenters. The fraction of sp³-hybridized carbons (Fsp3) is 0.375. The average molecular weight is 305 g/mol. The summed E-state index contributed by atoms with van der Waals surface area (Å²) in [6, 6.07) is 0. The summed E-state index contributed by atoms with van der Waals surface area (Å²) in [5.41, 5.74) is 0. The van der Waals surface area contributed by atoms with Gasteiger partial charge in [0.2, 0.25) is 5.91 Å². The third-order valence-electron chi connectivity index (χ3n) is 1.99. The fourth-order valence-corrected chi connectivity index (χ4v) is 1.63. The van der Waals surface area contributed by atoms with Crippen molar-refractivity contribution >= 4 is 34.3 Å². The molecule has 0 radical (unpaired) electrons. The summed E-state index contributed by atoms with van der Waals surface area (Å²) in [6.45, 7) is 0.314. The summed E-state index contributed by atoms with van der Waals surface area (Å²) in [5.74, 6) is 0.403. The number of β-amino-alcohol motifs (C(OH)–C–C–N with tert-alkyl or cyclic N) is 1. The Morgan fingerprint density at radius 3 is 2.79 bits per heavy atom. The fourth-order valence-electron chi connectivity index (χ4n) is 1.36. The summed E-state index contributed by atoms with van der Waals surface area (Å²) < 4.78 is 0.776. The van der Waals surface area contributed by atoms with Crippen molar-refractivity contribution in [2.45, 2.75) is 12.5 Å². The van der Waals surface area contributed by atoms with Crippen LogP contribution in [0.3, 0.4) is 0 Å². The Kier molecular flexibility index (Phi) is 2.64. The lowest BCUT2D eigenvalue weighted by Gasteiger charge is -2.13. The number of anilines is 1. The zero-order valence-corrected chi connectivity index (χ0v) is 9.38. The minimum Gasteiger partial charge on any atom is -0.391 e. The summed E-state index contributed by atoms with van der Waals surface area (Å²) in [4.78, 5) is 20.9. The van der Waals surface area contributed by atoms with Gasteiger partial charge < -0.3 is 5.11 Å². The Morgan fingerprint density at radius 1 is 1.50 bits per heavy atom. The molecule has 0 aromatic carbocycles. The van der Waals surface area contributed by atoms with Crippen LogP contribution in [0.15, 0.2) is 12.4 Å². The van der Waals surface area contributed by atoms with Gasteiger partial charge in [-0.1, -0.05) is 0 Å². The van der Waals surface area contributed by atoms with E-state index in [0.717, 1.165) is 3.70 Å². The summed E-state index contributed by atoms with van der Waals surface area (Å²) in [7, 11) is 0. The number of hydrogen-bond donors (Lipinski definition) is 1. The van der Waals surface area contributed by atoms with Crippen molar-refractivity contribution in [3.05, 3.63) is 16.1 Å². The van der Waals surface area contributed by atoms with Crippen molar-refractivity contribution < 1.29 is 9.90 Å². The Morgan fingerprint density at radius 2 is 2.29 bits per heavy atom. The molecule has 0 spiro atoms. The van der Waals surface area contributed by atoms with E-state index in [-0.39, 0.29) is 12.3 Å². The number of amides is 1. The predicted octanol–water partition coefficient (Wildman–Crippen LogP) is 0.179. The van der Waals surface area contributed by atoms with Crippen molar-refractivity contribution in [3.63, 3.8) is 0 Å². The van der Waals surface area contributed by atoms with Gasteiger partial charge in [0.25, 0.3) is 0 Å². The molecule has 14 heavy (non-hydrogen) atoms. The quantitative estimate of drug-likeness (QED) is 0.752. The first-order chi connectivity index (χ1) is 6.66. The van der Waals surface area contributed by atoms with Gasteiger partial charge in [0, 0.05) is 0 Å². The highest BCUT2D eigenvalue weighted by molar-refractivity contribution is 14.1. The van der Waals surface area contributed by atoms with Crippen LogP contribution in [0.25, 0.3) is 0 Å². The van der Waals surface area contributed by atoms with Gasteiger partial charge in [-0.3, -0.25) is 9.69 Å². The zero-order chi connectivity index (χ0) is 10.1. The first kappa shape index (κ1) is 9.78. The van der Waals surface area contributed by atoms with Crippen molar-refractivity contribution in [1.29, 1.82) is 0 Å². The lowest BCUT2D eigenvalue weighted by Crippen LogP contribution is -2.26. The van der Waals surface area contributed by atoms with Crippen LogP contribution in [0.2, 0.25) is 0 Å². The summed E-state index contributed by atoms with van der Waals surface area (Å²) >= 11 is 2.04. The van der Waals surface area contributed by atoms with Gasteiger partial charge >= 0.3 is 0 Å². The lowest BCUT2D eigenvalue weighted by molar-refractivity contribution is -0.117. The second kappa shape index (κ2) is 3.77. The van der Waals surface area contributed by atoms with Crippen LogP contribution < -0.4 is 4.90 Å². The maximum absolute atomic E-state index is 11.4. The van der Waals surface area contributed by atoms with Gasteiger partial charge in [-0.05, 0) is 22.6 Å². The largest absolute Gasteiger partial charge is 0.391 e.